The zero-order valence-electron chi connectivity index (χ0n) is 33.8. The number of carbonyl (C=O) groups excluding carboxylic acids is 2. The molecular weight excluding hydrogens is 836 g/mol. The molecule has 2 aliphatic heterocycles. The molecule has 2 N–H and O–H groups in total. The minimum absolute atomic E-state index is 0.0166. The van der Waals surface area contributed by atoms with Gasteiger partial charge in [-0.3, -0.25) is 9.59 Å². The Morgan fingerprint density at radius 3 is 1.95 bits per heavy atom. The molecule has 0 amide bonds. The smallest absolute Gasteiger partial charge is 0.182 e. The molecule has 0 unspecified atom stereocenters. The van der Waals surface area contributed by atoms with Gasteiger partial charge in [0.2, 0.25) is 0 Å². The maximum Gasteiger partial charge on any atom is 0.182 e. The maximum absolute atomic E-state index is 13.2. The van der Waals surface area contributed by atoms with E-state index in [1.807, 2.05) is 0 Å². The standard InChI is InChI=1S/C49H46Br2N4O2/c1-9-32-27(7)38-16-36-23(3)25(5)45(54-36)44(46-26(6)24(4)37(55-46)17-39-28(8)33(10-2)41(53-39)18-40(32)52-38)29-11-12-30-19-47-21-34-35(43(57)14-13-42(34)56)22-48(47,49(47,50)51)20-31(30)15-29/h11-18,52,54H,9-10,19-22H2,1-8H3/t47-,48+/m1/s1. The lowest BCUT2D eigenvalue weighted by Gasteiger charge is -2.37. The average molecular weight is 883 g/mol. The molecule has 6 aliphatic rings. The van der Waals surface area contributed by atoms with Crippen molar-refractivity contribution in [1.82, 2.24) is 19.9 Å². The Bertz CT molecular complexity index is 2910. The molecular formula is C49H46Br2N4O2. The van der Waals surface area contributed by atoms with E-state index in [-0.39, 0.29) is 25.6 Å². The molecule has 288 valence electrons. The van der Waals surface area contributed by atoms with Gasteiger partial charge < -0.3 is 9.97 Å². The van der Waals surface area contributed by atoms with Crippen molar-refractivity contribution in [1.29, 1.82) is 0 Å². The first kappa shape index (κ1) is 36.9. The molecule has 4 aromatic rings. The van der Waals surface area contributed by atoms with Crippen molar-refractivity contribution in [2.24, 2.45) is 10.8 Å². The first-order chi connectivity index (χ1) is 27.1. The number of H-pyrrole nitrogens is 2. The van der Waals surface area contributed by atoms with Gasteiger partial charge in [-0.2, -0.15) is 0 Å². The van der Waals surface area contributed by atoms with Crippen molar-refractivity contribution in [3.8, 4) is 11.1 Å². The molecule has 0 spiro atoms. The number of aromatic nitrogens is 4. The predicted molar refractivity (Wildman–Crippen MR) is 239 cm³/mol. The van der Waals surface area contributed by atoms with Crippen LogP contribution in [-0.2, 0) is 28.9 Å². The third kappa shape index (κ3) is 4.80. The summed E-state index contributed by atoms with van der Waals surface area (Å²) in [7, 11) is 0. The lowest BCUT2D eigenvalue weighted by molar-refractivity contribution is -0.116. The SMILES string of the molecule is CCC1=C(C)c2cc3nc(c(-c4ccc5c(c4)C[C@]46CC7=C(C[C@@]4(C5)C6(Br)Br)C(=O)C=CC7=O)c4[nH]c(cc5[nH]c(cc1n2)c(CC)c5C)c(C)c4C)C(C)=C3C. The summed E-state index contributed by atoms with van der Waals surface area (Å²) in [6.45, 7) is 17.7. The van der Waals surface area contributed by atoms with E-state index >= 15 is 0 Å². The largest absolute Gasteiger partial charge is 0.355 e. The van der Waals surface area contributed by atoms with Crippen LogP contribution in [0.25, 0.3) is 55.5 Å². The van der Waals surface area contributed by atoms with Crippen LogP contribution in [0.5, 0.6) is 0 Å². The van der Waals surface area contributed by atoms with Gasteiger partial charge in [-0.05, 0) is 172 Å². The second-order valence-corrected chi connectivity index (χ2v) is 20.7. The number of rotatable bonds is 3. The van der Waals surface area contributed by atoms with Crippen LogP contribution in [0.15, 0.2) is 59.7 Å². The van der Waals surface area contributed by atoms with Gasteiger partial charge in [-0.25, -0.2) is 9.97 Å². The molecule has 0 saturated heterocycles. The molecule has 3 aromatic heterocycles. The lowest BCUT2D eigenvalue weighted by Crippen LogP contribution is -2.33. The number of ketones is 2. The summed E-state index contributed by atoms with van der Waals surface area (Å²) >= 11 is 8.29. The van der Waals surface area contributed by atoms with E-state index in [2.05, 4.69) is 134 Å². The number of halogens is 2. The van der Waals surface area contributed by atoms with Crippen molar-refractivity contribution in [2.45, 2.75) is 97.1 Å². The Morgan fingerprint density at radius 1 is 0.632 bits per heavy atom. The van der Waals surface area contributed by atoms with Gasteiger partial charge in [0.25, 0.3) is 0 Å². The van der Waals surface area contributed by atoms with Crippen LogP contribution in [-0.4, -0.2) is 34.7 Å². The molecule has 4 aliphatic carbocycles. The van der Waals surface area contributed by atoms with Crippen LogP contribution in [0.1, 0.15) is 110 Å². The fourth-order valence-electron chi connectivity index (χ4n) is 11.1. The highest BCUT2D eigenvalue weighted by Gasteiger charge is 2.86. The molecule has 6 nitrogen and oxygen atoms in total. The summed E-state index contributed by atoms with van der Waals surface area (Å²) in [5.74, 6) is -0.0384. The summed E-state index contributed by atoms with van der Waals surface area (Å²) in [5, 5.41) is 0. The van der Waals surface area contributed by atoms with Crippen molar-refractivity contribution in [2.75, 3.05) is 0 Å². The Morgan fingerprint density at radius 2 is 1.28 bits per heavy atom. The fraction of sp³-hybridized carbons (Fsp3) is 0.347. The Kier molecular flexibility index (Phi) is 7.97. The molecule has 2 atom stereocenters. The monoisotopic (exact) mass is 880 g/mol. The quantitative estimate of drug-likeness (QED) is 0.158. The lowest BCUT2D eigenvalue weighted by atomic mass is 9.65. The first-order valence-corrected chi connectivity index (χ1v) is 21.8. The minimum atomic E-state index is -0.383. The third-order valence-corrected chi connectivity index (χ3v) is 17.9. The van der Waals surface area contributed by atoms with Gasteiger partial charge in [0.1, 0.15) is 0 Å². The Balaban J connectivity index is 1.23. The Labute approximate surface area is 350 Å². The van der Waals surface area contributed by atoms with Crippen molar-refractivity contribution < 1.29 is 9.59 Å². The van der Waals surface area contributed by atoms with Crippen molar-refractivity contribution >= 4 is 87.8 Å². The average Bonchev–Trinajstić information content (AvgIpc) is 3.64. The number of hydrogen-bond donors (Lipinski definition) is 2. The predicted octanol–water partition coefficient (Wildman–Crippen LogP) is 12.1. The number of hydrogen-bond acceptors (Lipinski definition) is 4. The molecule has 8 bridgehead atoms. The van der Waals surface area contributed by atoms with E-state index in [1.54, 1.807) is 0 Å². The van der Waals surface area contributed by atoms with Gasteiger partial charge in [-0.1, -0.05) is 63.9 Å². The van der Waals surface area contributed by atoms with Gasteiger partial charge in [0.15, 0.2) is 11.6 Å². The number of aromatic amines is 2. The summed E-state index contributed by atoms with van der Waals surface area (Å²) in [6.07, 6.45) is 7.53. The van der Waals surface area contributed by atoms with Crippen LogP contribution in [0.3, 0.4) is 0 Å². The van der Waals surface area contributed by atoms with Gasteiger partial charge in [-0.15, -0.1) is 0 Å². The highest BCUT2D eigenvalue weighted by molar-refractivity contribution is 9.25. The van der Waals surface area contributed by atoms with Crippen LogP contribution in [0.2, 0.25) is 0 Å². The molecule has 5 heterocycles. The number of benzene rings is 1. The molecule has 1 aromatic carbocycles. The molecule has 10 rings (SSSR count). The third-order valence-electron chi connectivity index (χ3n) is 14.8. The minimum Gasteiger partial charge on any atom is -0.355 e. The van der Waals surface area contributed by atoms with E-state index in [9.17, 15) is 9.59 Å². The molecule has 1 fully saturated rings. The topological polar surface area (TPSA) is 91.5 Å². The molecule has 1 saturated carbocycles. The van der Waals surface area contributed by atoms with Gasteiger partial charge in [0, 0.05) is 44.1 Å². The van der Waals surface area contributed by atoms with Gasteiger partial charge >= 0.3 is 0 Å². The van der Waals surface area contributed by atoms with E-state index in [1.165, 1.54) is 56.7 Å². The molecule has 57 heavy (non-hydrogen) atoms. The van der Waals surface area contributed by atoms with E-state index in [0.717, 1.165) is 92.8 Å². The van der Waals surface area contributed by atoms with E-state index in [4.69, 9.17) is 9.97 Å². The number of aryl methyl sites for hydroxylation is 4. The number of alkyl halides is 2. The fourth-order valence-corrected chi connectivity index (χ4v) is 13.5. The highest BCUT2D eigenvalue weighted by atomic mass is 79.9. The maximum atomic E-state index is 13.2. The van der Waals surface area contributed by atoms with Crippen molar-refractivity contribution in [3.63, 3.8) is 0 Å². The van der Waals surface area contributed by atoms with Gasteiger partial charge in [0.05, 0.1) is 31.5 Å². The number of carbonyl (C=O) groups is 2. The van der Waals surface area contributed by atoms with Crippen LogP contribution < -0.4 is 0 Å². The summed E-state index contributed by atoms with van der Waals surface area (Å²) in [4.78, 5) is 44.8. The number of fused-ring (bicyclic) bond motifs is 9. The van der Waals surface area contributed by atoms with Crippen molar-refractivity contribution in [3.05, 3.63) is 116 Å². The Hall–Kier alpha value is -4.40. The zero-order chi connectivity index (χ0) is 40.1. The summed E-state index contributed by atoms with van der Waals surface area (Å²) in [5.41, 5.74) is 23.8. The zero-order valence-corrected chi connectivity index (χ0v) is 37.0. The van der Waals surface area contributed by atoms with E-state index < -0.39 is 0 Å². The second-order valence-electron chi connectivity index (χ2n) is 17.3. The number of allylic oxidation sites excluding steroid dienone is 8. The normalized spacial score (nSPS) is 23.2. The summed E-state index contributed by atoms with van der Waals surface area (Å²) in [6, 6.07) is 13.7. The van der Waals surface area contributed by atoms with Crippen LogP contribution >= 0.6 is 31.9 Å². The summed E-state index contributed by atoms with van der Waals surface area (Å²) < 4.78 is -0.383. The van der Waals surface area contributed by atoms with Crippen LogP contribution in [0.4, 0.5) is 0 Å². The molecule has 0 radical (unpaired) electrons. The first-order valence-electron chi connectivity index (χ1n) is 20.3. The van der Waals surface area contributed by atoms with Crippen LogP contribution in [0, 0.1) is 31.6 Å². The number of nitrogens with one attached hydrogen (secondary N) is 2. The molecule has 8 heteroatoms. The highest BCUT2D eigenvalue weighted by Crippen LogP contribution is 2.88. The van der Waals surface area contributed by atoms with E-state index in [0.29, 0.717) is 24.0 Å². The second kappa shape index (κ2) is 12.3. The number of nitrogens with zero attached hydrogens (tertiary/aromatic N) is 2.